The van der Waals surface area contributed by atoms with Crippen molar-refractivity contribution in [3.8, 4) is 16.9 Å². The van der Waals surface area contributed by atoms with Crippen LogP contribution in [0.3, 0.4) is 0 Å². The summed E-state index contributed by atoms with van der Waals surface area (Å²) in [6.07, 6.45) is 5.09. The lowest BCUT2D eigenvalue weighted by molar-refractivity contribution is 0.374. The molecule has 3 aliphatic rings. The van der Waals surface area contributed by atoms with Crippen molar-refractivity contribution in [1.82, 2.24) is 0 Å². The number of phenolic OH excluding ortho intramolecular Hbond substituents is 1. The molecule has 3 aromatic rings. The van der Waals surface area contributed by atoms with Gasteiger partial charge in [0.05, 0.1) is 0 Å². The van der Waals surface area contributed by atoms with Gasteiger partial charge in [-0.1, -0.05) is 68.4 Å². The zero-order chi connectivity index (χ0) is 20.4. The van der Waals surface area contributed by atoms with E-state index in [9.17, 15) is 5.11 Å². The molecule has 1 nitrogen and oxygen atoms in total. The van der Waals surface area contributed by atoms with Gasteiger partial charge in [0, 0.05) is 0 Å². The first-order valence-corrected chi connectivity index (χ1v) is 11.6. The van der Waals surface area contributed by atoms with Crippen LogP contribution in [-0.4, -0.2) is 5.11 Å². The van der Waals surface area contributed by atoms with Crippen molar-refractivity contribution in [3.05, 3.63) is 88.5 Å². The Bertz CT molecular complexity index is 1120. The summed E-state index contributed by atoms with van der Waals surface area (Å²) in [5.74, 6) is 3.78. The smallest absolute Gasteiger partial charge is 0.119 e. The maximum Gasteiger partial charge on any atom is 0.119 e. The topological polar surface area (TPSA) is 20.2 Å². The molecule has 0 saturated heterocycles. The summed E-state index contributed by atoms with van der Waals surface area (Å²) in [6.45, 7) is 4.34. The second-order valence-electron chi connectivity index (χ2n) is 10.1. The van der Waals surface area contributed by atoms with E-state index in [0.29, 0.717) is 17.6 Å². The molecule has 2 saturated carbocycles. The van der Waals surface area contributed by atoms with E-state index in [0.717, 1.165) is 29.7 Å². The Morgan fingerprint density at radius 3 is 2.37 bits per heavy atom. The van der Waals surface area contributed by atoms with Gasteiger partial charge in [0.25, 0.3) is 0 Å². The molecular weight excluding hydrogens is 364 g/mol. The number of benzene rings is 3. The SMILES string of the molecule is CC(C)c1cc(C2CC3CC2CC3c2cccc3c2Cc2ccccc2-3)ccc1O. The third-order valence-electron chi connectivity index (χ3n) is 8.25. The van der Waals surface area contributed by atoms with Crippen molar-refractivity contribution in [2.75, 3.05) is 0 Å². The predicted octanol–water partition coefficient (Wildman–Crippen LogP) is 7.38. The van der Waals surface area contributed by atoms with Crippen LogP contribution in [0.15, 0.2) is 60.7 Å². The monoisotopic (exact) mass is 394 g/mol. The van der Waals surface area contributed by atoms with Crippen molar-refractivity contribution in [2.45, 2.75) is 57.3 Å². The summed E-state index contributed by atoms with van der Waals surface area (Å²) in [7, 11) is 0. The highest BCUT2D eigenvalue weighted by Gasteiger charge is 2.47. The van der Waals surface area contributed by atoms with E-state index >= 15 is 0 Å². The van der Waals surface area contributed by atoms with E-state index in [1.807, 2.05) is 6.07 Å². The van der Waals surface area contributed by atoms with Gasteiger partial charge in [-0.2, -0.15) is 0 Å². The van der Waals surface area contributed by atoms with Crippen LogP contribution in [0.1, 0.15) is 78.7 Å². The maximum atomic E-state index is 10.2. The second kappa shape index (κ2) is 6.74. The lowest BCUT2D eigenvalue weighted by Crippen LogP contribution is -2.16. The molecule has 0 amide bonds. The summed E-state index contributed by atoms with van der Waals surface area (Å²) in [5, 5.41) is 10.2. The number of aromatic hydroxyl groups is 1. The molecule has 0 aliphatic heterocycles. The van der Waals surface area contributed by atoms with Gasteiger partial charge in [-0.25, -0.2) is 0 Å². The minimum atomic E-state index is 0.366. The van der Waals surface area contributed by atoms with Crippen LogP contribution in [0.4, 0.5) is 0 Å². The van der Waals surface area contributed by atoms with Crippen molar-refractivity contribution in [1.29, 1.82) is 0 Å². The van der Waals surface area contributed by atoms with E-state index in [2.05, 4.69) is 68.4 Å². The van der Waals surface area contributed by atoms with Gasteiger partial charge in [0.15, 0.2) is 0 Å². The molecule has 1 heteroatoms. The molecule has 152 valence electrons. The van der Waals surface area contributed by atoms with Crippen molar-refractivity contribution in [2.24, 2.45) is 11.8 Å². The average Bonchev–Trinajstić information content (AvgIpc) is 3.46. The predicted molar refractivity (Wildman–Crippen MR) is 123 cm³/mol. The summed E-state index contributed by atoms with van der Waals surface area (Å²) >= 11 is 0. The highest BCUT2D eigenvalue weighted by atomic mass is 16.3. The van der Waals surface area contributed by atoms with Crippen molar-refractivity contribution >= 4 is 0 Å². The molecule has 0 heterocycles. The second-order valence-corrected chi connectivity index (χ2v) is 10.1. The first-order valence-electron chi connectivity index (χ1n) is 11.6. The standard InChI is InChI=1S/C29H30O/c1-17(2)25-13-19(10-11-29(25)30)26-15-21-12-20(26)16-27(21)24-9-5-8-23-22-7-4-3-6-18(22)14-28(23)24/h3-11,13,17,20-21,26-27,30H,12,14-16H2,1-2H3. The van der Waals surface area contributed by atoms with E-state index in [1.165, 1.54) is 41.5 Å². The van der Waals surface area contributed by atoms with E-state index in [4.69, 9.17) is 0 Å². The molecule has 0 aromatic heterocycles. The molecule has 1 N–H and O–H groups in total. The third kappa shape index (κ3) is 2.68. The number of hydrogen-bond acceptors (Lipinski definition) is 1. The average molecular weight is 395 g/mol. The Labute approximate surface area is 179 Å². The third-order valence-corrected chi connectivity index (χ3v) is 8.25. The molecule has 4 unspecified atom stereocenters. The molecule has 30 heavy (non-hydrogen) atoms. The Kier molecular flexibility index (Phi) is 4.10. The van der Waals surface area contributed by atoms with Gasteiger partial charge in [-0.15, -0.1) is 0 Å². The lowest BCUT2D eigenvalue weighted by atomic mass is 9.74. The van der Waals surface area contributed by atoms with E-state index < -0.39 is 0 Å². The van der Waals surface area contributed by atoms with Crippen molar-refractivity contribution < 1.29 is 5.11 Å². The Balaban J connectivity index is 1.29. The fourth-order valence-corrected chi connectivity index (χ4v) is 6.86. The van der Waals surface area contributed by atoms with Crippen LogP contribution in [0.25, 0.3) is 11.1 Å². The molecule has 2 bridgehead atoms. The van der Waals surface area contributed by atoms with Crippen LogP contribution in [0, 0.1) is 11.8 Å². The molecule has 6 rings (SSSR count). The van der Waals surface area contributed by atoms with Gasteiger partial charge in [-0.05, 0) is 100 Å². The Morgan fingerprint density at radius 1 is 0.800 bits per heavy atom. The number of fused-ring (bicyclic) bond motifs is 5. The number of hydrogen-bond donors (Lipinski definition) is 1. The highest BCUT2D eigenvalue weighted by Crippen LogP contribution is 2.60. The summed E-state index contributed by atoms with van der Waals surface area (Å²) < 4.78 is 0. The minimum absolute atomic E-state index is 0.366. The Morgan fingerprint density at radius 2 is 1.57 bits per heavy atom. The first kappa shape index (κ1) is 18.2. The van der Waals surface area contributed by atoms with E-state index in [-0.39, 0.29) is 0 Å². The summed E-state index contributed by atoms with van der Waals surface area (Å²) in [6, 6.07) is 22.4. The zero-order valence-corrected chi connectivity index (χ0v) is 17.9. The van der Waals surface area contributed by atoms with Gasteiger partial charge < -0.3 is 5.11 Å². The van der Waals surface area contributed by atoms with Crippen LogP contribution in [0.5, 0.6) is 5.75 Å². The van der Waals surface area contributed by atoms with Crippen LogP contribution >= 0.6 is 0 Å². The molecule has 3 aromatic carbocycles. The zero-order valence-electron chi connectivity index (χ0n) is 17.9. The fourth-order valence-electron chi connectivity index (χ4n) is 6.86. The van der Waals surface area contributed by atoms with Gasteiger partial charge in [0.1, 0.15) is 5.75 Å². The molecule has 2 fully saturated rings. The summed E-state index contributed by atoms with van der Waals surface area (Å²) in [4.78, 5) is 0. The van der Waals surface area contributed by atoms with Crippen LogP contribution in [-0.2, 0) is 6.42 Å². The molecule has 0 spiro atoms. The number of rotatable bonds is 3. The molecule has 3 aliphatic carbocycles. The largest absolute Gasteiger partial charge is 0.508 e. The molecule has 0 radical (unpaired) electrons. The normalized spacial score (nSPS) is 26.2. The van der Waals surface area contributed by atoms with Gasteiger partial charge in [-0.3, -0.25) is 0 Å². The minimum Gasteiger partial charge on any atom is -0.508 e. The van der Waals surface area contributed by atoms with Gasteiger partial charge in [0.2, 0.25) is 0 Å². The van der Waals surface area contributed by atoms with Crippen LogP contribution < -0.4 is 0 Å². The van der Waals surface area contributed by atoms with Crippen molar-refractivity contribution in [3.63, 3.8) is 0 Å². The Hall–Kier alpha value is -2.54. The quantitative estimate of drug-likeness (QED) is 0.384. The maximum absolute atomic E-state index is 10.2. The van der Waals surface area contributed by atoms with Crippen LogP contribution in [0.2, 0.25) is 0 Å². The highest BCUT2D eigenvalue weighted by molar-refractivity contribution is 5.78. The molecule has 4 atom stereocenters. The fraction of sp³-hybridized carbons (Fsp3) is 0.379. The van der Waals surface area contributed by atoms with E-state index in [1.54, 1.807) is 11.1 Å². The lowest BCUT2D eigenvalue weighted by Gasteiger charge is -2.30. The number of phenols is 1. The molecular formula is C29H30O. The van der Waals surface area contributed by atoms with Gasteiger partial charge >= 0.3 is 0 Å². The summed E-state index contributed by atoms with van der Waals surface area (Å²) in [5.41, 5.74) is 10.2. The first-order chi connectivity index (χ1) is 14.6.